The molecular weight excluding hydrogens is 428 g/mol. The number of carboxylic acid groups (broad SMARTS) is 1. The zero-order valence-corrected chi connectivity index (χ0v) is 22.8. The number of amides is 1. The van der Waals surface area contributed by atoms with Crippen LogP contribution < -0.4 is 10.4 Å². The van der Waals surface area contributed by atoms with Gasteiger partial charge in [0.25, 0.3) is 0 Å². The first-order chi connectivity index (χ1) is 16.4. The number of aliphatic carboxylic acids is 1. The number of quaternary nitrogens is 1. The minimum absolute atomic E-state index is 0.00664. The average molecular weight is 485 g/mol. The predicted molar refractivity (Wildman–Crippen MR) is 139 cm³/mol. The normalized spacial score (nSPS) is 11.6. The van der Waals surface area contributed by atoms with Crippen LogP contribution in [-0.4, -0.2) is 63.3 Å². The molecule has 0 heterocycles. The fourth-order valence-corrected chi connectivity index (χ4v) is 4.24. The van der Waals surface area contributed by atoms with Crippen LogP contribution in [0.3, 0.4) is 0 Å². The summed E-state index contributed by atoms with van der Waals surface area (Å²) in [4.78, 5) is 22.6. The number of carbonyl (C=O) groups is 2. The van der Waals surface area contributed by atoms with Crippen LogP contribution >= 0.6 is 0 Å². The van der Waals surface area contributed by atoms with Crippen LogP contribution in [0.4, 0.5) is 0 Å². The van der Waals surface area contributed by atoms with E-state index in [9.17, 15) is 14.7 Å². The first kappa shape index (κ1) is 32.9. The van der Waals surface area contributed by atoms with Crippen molar-refractivity contribution in [3.8, 4) is 0 Å². The summed E-state index contributed by atoms with van der Waals surface area (Å²) in [6.45, 7) is 5.13. The van der Waals surface area contributed by atoms with E-state index in [1.165, 1.54) is 83.5 Å². The van der Waals surface area contributed by atoms with Gasteiger partial charge < -0.3 is 24.4 Å². The summed E-state index contributed by atoms with van der Waals surface area (Å²) >= 11 is 0. The Morgan fingerprint density at radius 3 is 1.68 bits per heavy atom. The molecule has 0 aromatic rings. The van der Waals surface area contributed by atoms with Gasteiger partial charge in [0.2, 0.25) is 5.91 Å². The molecular formula is C28H56N2O4. The molecule has 0 aliphatic heterocycles. The molecule has 202 valence electrons. The summed E-state index contributed by atoms with van der Waals surface area (Å²) in [5.41, 5.74) is 0. The lowest BCUT2D eigenvalue weighted by atomic mass is 10.0. The Hall–Kier alpha value is -1.14. The quantitative estimate of drug-likeness (QED) is 0.139. The minimum Gasteiger partial charge on any atom is -0.544 e. The second-order valence-electron chi connectivity index (χ2n) is 10.6. The Labute approximate surface area is 210 Å². The van der Waals surface area contributed by atoms with Crippen LogP contribution in [0.2, 0.25) is 0 Å². The zero-order valence-electron chi connectivity index (χ0n) is 22.8. The number of likely N-dealkylation sites (N-methyl/N-ethyl adjacent to an activating group) is 1. The van der Waals surface area contributed by atoms with Crippen molar-refractivity contribution >= 4 is 11.9 Å². The SMILES string of the molecule is CCCCCCCCCCCCCCCCOCCCCC(=O)NCCC[N+](C)(C)CC(=O)[O-]. The van der Waals surface area contributed by atoms with Crippen LogP contribution in [0.25, 0.3) is 0 Å². The molecule has 0 atom stereocenters. The van der Waals surface area contributed by atoms with Gasteiger partial charge in [0.15, 0.2) is 0 Å². The van der Waals surface area contributed by atoms with Gasteiger partial charge in [-0.15, -0.1) is 0 Å². The van der Waals surface area contributed by atoms with E-state index in [2.05, 4.69) is 12.2 Å². The number of unbranched alkanes of at least 4 members (excludes halogenated alkanes) is 14. The molecule has 0 aromatic heterocycles. The van der Waals surface area contributed by atoms with Gasteiger partial charge in [0, 0.05) is 32.6 Å². The van der Waals surface area contributed by atoms with Gasteiger partial charge in [-0.2, -0.15) is 0 Å². The van der Waals surface area contributed by atoms with E-state index in [0.717, 1.165) is 38.9 Å². The Bertz CT molecular complexity index is 483. The lowest BCUT2D eigenvalue weighted by Gasteiger charge is -2.30. The Balaban J connectivity index is 3.26. The second-order valence-corrected chi connectivity index (χ2v) is 10.6. The van der Waals surface area contributed by atoms with Crippen molar-refractivity contribution < 1.29 is 23.9 Å². The molecule has 0 aromatic carbocycles. The van der Waals surface area contributed by atoms with Gasteiger partial charge in [0.05, 0.1) is 26.6 Å². The maximum atomic E-state index is 11.9. The number of rotatable bonds is 26. The maximum absolute atomic E-state index is 11.9. The largest absolute Gasteiger partial charge is 0.544 e. The zero-order chi connectivity index (χ0) is 25.3. The number of ether oxygens (including phenoxy) is 1. The molecule has 0 radical (unpaired) electrons. The van der Waals surface area contributed by atoms with E-state index in [0.29, 0.717) is 24.0 Å². The molecule has 0 bridgehead atoms. The third kappa shape index (κ3) is 25.5. The minimum atomic E-state index is -1.04. The standard InChI is InChI=1S/C28H56N2O4/c1-4-5-6-7-8-9-10-11-12-13-14-15-16-18-24-34-25-19-17-21-27(31)29-22-20-23-30(2,3)26-28(32)33/h4-26H2,1-3H3,(H-,29,31,32,33). The lowest BCUT2D eigenvalue weighted by molar-refractivity contribution is -0.884. The van der Waals surface area contributed by atoms with E-state index in [-0.39, 0.29) is 12.5 Å². The van der Waals surface area contributed by atoms with Gasteiger partial charge in [-0.25, -0.2) is 0 Å². The number of hydrogen-bond acceptors (Lipinski definition) is 4. The third-order valence-electron chi connectivity index (χ3n) is 6.40. The highest BCUT2D eigenvalue weighted by Gasteiger charge is 2.14. The molecule has 1 amide bonds. The van der Waals surface area contributed by atoms with Crippen LogP contribution in [-0.2, 0) is 14.3 Å². The molecule has 34 heavy (non-hydrogen) atoms. The van der Waals surface area contributed by atoms with Crippen molar-refractivity contribution in [2.45, 2.75) is 122 Å². The summed E-state index contributed by atoms with van der Waals surface area (Å²) in [6, 6.07) is 0. The average Bonchev–Trinajstić information content (AvgIpc) is 2.77. The first-order valence-electron chi connectivity index (χ1n) is 14.2. The fraction of sp³-hybridized carbons (Fsp3) is 0.929. The molecule has 6 nitrogen and oxygen atoms in total. The predicted octanol–water partition coefficient (Wildman–Crippen LogP) is 4.99. The number of carbonyl (C=O) groups excluding carboxylic acids is 2. The van der Waals surface area contributed by atoms with Gasteiger partial charge in [0.1, 0.15) is 6.54 Å². The molecule has 0 rings (SSSR count). The topological polar surface area (TPSA) is 78.5 Å². The van der Waals surface area contributed by atoms with E-state index >= 15 is 0 Å². The smallest absolute Gasteiger partial charge is 0.219 e. The van der Waals surface area contributed by atoms with E-state index in [1.807, 2.05) is 14.1 Å². The fourth-order valence-electron chi connectivity index (χ4n) is 4.24. The second kappa shape index (κ2) is 23.6. The first-order valence-corrected chi connectivity index (χ1v) is 14.2. The van der Waals surface area contributed by atoms with Crippen molar-refractivity contribution in [3.05, 3.63) is 0 Å². The van der Waals surface area contributed by atoms with Crippen LogP contribution in [0, 0.1) is 0 Å². The van der Waals surface area contributed by atoms with Crippen molar-refractivity contribution in [1.29, 1.82) is 0 Å². The van der Waals surface area contributed by atoms with Gasteiger partial charge in [-0.1, -0.05) is 90.4 Å². The van der Waals surface area contributed by atoms with E-state index in [1.54, 1.807) is 0 Å². The van der Waals surface area contributed by atoms with E-state index < -0.39 is 5.97 Å². The number of carboxylic acids is 1. The van der Waals surface area contributed by atoms with Crippen molar-refractivity contribution in [1.82, 2.24) is 5.32 Å². The molecule has 6 heteroatoms. The van der Waals surface area contributed by atoms with E-state index in [4.69, 9.17) is 4.74 Å². The highest BCUT2D eigenvalue weighted by Crippen LogP contribution is 2.13. The monoisotopic (exact) mass is 484 g/mol. The van der Waals surface area contributed by atoms with Crippen LogP contribution in [0.15, 0.2) is 0 Å². The molecule has 0 saturated carbocycles. The van der Waals surface area contributed by atoms with Gasteiger partial charge >= 0.3 is 0 Å². The Kier molecular flexibility index (Phi) is 22.8. The van der Waals surface area contributed by atoms with Crippen LogP contribution in [0.1, 0.15) is 122 Å². The Morgan fingerprint density at radius 2 is 1.18 bits per heavy atom. The molecule has 1 N–H and O–H groups in total. The summed E-state index contributed by atoms with van der Waals surface area (Å²) in [5, 5.41) is 13.6. The third-order valence-corrected chi connectivity index (χ3v) is 6.40. The molecule has 0 fully saturated rings. The summed E-state index contributed by atoms with van der Waals surface area (Å²) in [6.07, 6.45) is 22.2. The van der Waals surface area contributed by atoms with Gasteiger partial charge in [-0.05, 0) is 19.3 Å². The summed E-state index contributed by atoms with van der Waals surface area (Å²) in [5.74, 6) is -0.974. The summed E-state index contributed by atoms with van der Waals surface area (Å²) in [7, 11) is 3.71. The van der Waals surface area contributed by atoms with Crippen molar-refractivity contribution in [2.75, 3.05) is 46.9 Å². The lowest BCUT2D eigenvalue weighted by Crippen LogP contribution is -2.49. The summed E-state index contributed by atoms with van der Waals surface area (Å²) < 4.78 is 6.07. The van der Waals surface area contributed by atoms with Crippen LogP contribution in [0.5, 0.6) is 0 Å². The van der Waals surface area contributed by atoms with Crippen molar-refractivity contribution in [2.24, 2.45) is 0 Å². The van der Waals surface area contributed by atoms with Crippen molar-refractivity contribution in [3.63, 3.8) is 0 Å². The molecule has 0 aliphatic carbocycles. The van der Waals surface area contributed by atoms with Gasteiger partial charge in [-0.3, -0.25) is 4.79 Å². The number of nitrogens with one attached hydrogen (secondary N) is 1. The highest BCUT2D eigenvalue weighted by molar-refractivity contribution is 5.75. The molecule has 0 saturated heterocycles. The molecule has 0 aliphatic rings. The molecule has 0 unspecified atom stereocenters. The molecule has 0 spiro atoms. The maximum Gasteiger partial charge on any atom is 0.219 e. The highest BCUT2D eigenvalue weighted by atomic mass is 16.5. The number of hydrogen-bond donors (Lipinski definition) is 1. The Morgan fingerprint density at radius 1 is 0.706 bits per heavy atom. The number of nitrogens with zero attached hydrogens (tertiary/aromatic N) is 1.